The lowest BCUT2D eigenvalue weighted by Crippen LogP contribution is -2.29. The normalized spacial score (nSPS) is 16.2. The lowest BCUT2D eigenvalue weighted by Gasteiger charge is -2.20. The minimum atomic E-state index is -0.446. The van der Waals surface area contributed by atoms with E-state index in [2.05, 4.69) is 0 Å². The van der Waals surface area contributed by atoms with Gasteiger partial charge in [-0.05, 0) is 25.0 Å². The van der Waals surface area contributed by atoms with Crippen LogP contribution in [0.25, 0.3) is 0 Å². The zero-order valence-corrected chi connectivity index (χ0v) is 9.14. The zero-order chi connectivity index (χ0) is 10.0. The predicted molar refractivity (Wildman–Crippen MR) is 56.8 cm³/mol. The lowest BCUT2D eigenvalue weighted by molar-refractivity contribution is 0.0991. The van der Waals surface area contributed by atoms with E-state index in [4.69, 9.17) is 5.73 Å². The minimum Gasteiger partial charge on any atom is -0.391 e. The topological polar surface area (TPSA) is 46.2 Å². The second kappa shape index (κ2) is 4.22. The van der Waals surface area contributed by atoms with Crippen molar-refractivity contribution in [1.29, 1.82) is 0 Å². The lowest BCUT2D eigenvalue weighted by atomic mass is 9.99. The first-order chi connectivity index (χ1) is 6.02. The van der Waals surface area contributed by atoms with Crippen molar-refractivity contribution in [3.8, 4) is 0 Å². The fourth-order valence-electron chi connectivity index (χ4n) is 1.22. The van der Waals surface area contributed by atoms with Crippen LogP contribution in [0.4, 0.5) is 0 Å². The molecule has 0 bridgehead atoms. The minimum absolute atomic E-state index is 0.206. The molecule has 0 fully saturated rings. The maximum atomic E-state index is 9.74. The van der Waals surface area contributed by atoms with Gasteiger partial charge in [0.15, 0.2) is 0 Å². The Kier molecular flexibility index (Phi) is 3.47. The van der Waals surface area contributed by atoms with Gasteiger partial charge in [-0.3, -0.25) is 0 Å². The number of aliphatic hydroxyl groups is 1. The molecule has 0 aromatic carbocycles. The molecule has 0 amide bonds. The summed E-state index contributed by atoms with van der Waals surface area (Å²) in [5.74, 6) is 0.206. The average Bonchev–Trinajstić information content (AvgIpc) is 2.49. The highest BCUT2D eigenvalue weighted by atomic mass is 32.1. The number of rotatable bonds is 3. The van der Waals surface area contributed by atoms with Crippen molar-refractivity contribution in [1.82, 2.24) is 0 Å². The highest BCUT2D eigenvalue weighted by Crippen LogP contribution is 2.25. The number of aryl methyl sites for hydroxylation is 1. The number of hydrogen-bond donors (Lipinski definition) is 2. The van der Waals surface area contributed by atoms with E-state index in [1.165, 1.54) is 4.88 Å². The summed E-state index contributed by atoms with van der Waals surface area (Å²) in [5, 5.41) is 9.74. The first-order valence-corrected chi connectivity index (χ1v) is 5.34. The Morgan fingerprint density at radius 1 is 1.38 bits per heavy atom. The fourth-order valence-corrected chi connectivity index (χ4v) is 2.14. The van der Waals surface area contributed by atoms with Gasteiger partial charge in [-0.15, -0.1) is 11.3 Å². The quantitative estimate of drug-likeness (QED) is 0.783. The van der Waals surface area contributed by atoms with Crippen LogP contribution < -0.4 is 5.73 Å². The molecule has 13 heavy (non-hydrogen) atoms. The third kappa shape index (κ3) is 2.53. The molecule has 1 rings (SSSR count). The molecular formula is C10H17NOS. The fraction of sp³-hybridized carbons (Fsp3) is 0.600. The van der Waals surface area contributed by atoms with Crippen molar-refractivity contribution in [3.63, 3.8) is 0 Å². The number of nitrogens with two attached hydrogens (primary N) is 1. The van der Waals surface area contributed by atoms with Gasteiger partial charge in [-0.1, -0.05) is 13.8 Å². The standard InChI is InChI=1S/C10H17NOS/c1-6(2)10(12)9(11)8-5-4-7(3)13-8/h4-6,9-10,12H,11H2,1-3H3/t9-,10+/m0/s1. The SMILES string of the molecule is Cc1ccc([C@H](N)[C@H](O)C(C)C)s1. The molecule has 0 aliphatic carbocycles. The molecule has 0 unspecified atom stereocenters. The van der Waals surface area contributed by atoms with Gasteiger partial charge in [0.25, 0.3) is 0 Å². The Bertz CT molecular complexity index is 270. The molecule has 3 N–H and O–H groups in total. The Morgan fingerprint density at radius 2 is 2.00 bits per heavy atom. The van der Waals surface area contributed by atoms with Gasteiger partial charge in [0.2, 0.25) is 0 Å². The molecule has 1 heterocycles. The van der Waals surface area contributed by atoms with Crippen molar-refractivity contribution in [3.05, 3.63) is 21.9 Å². The summed E-state index contributed by atoms with van der Waals surface area (Å²) in [4.78, 5) is 2.31. The second-order valence-corrected chi connectivity index (χ2v) is 5.03. The Hall–Kier alpha value is -0.380. The largest absolute Gasteiger partial charge is 0.391 e. The molecule has 0 saturated carbocycles. The van der Waals surface area contributed by atoms with Crippen molar-refractivity contribution in [2.75, 3.05) is 0 Å². The summed E-state index contributed by atoms with van der Waals surface area (Å²) in [6.45, 7) is 6.00. The van der Waals surface area contributed by atoms with Crippen LogP contribution in [0.3, 0.4) is 0 Å². The van der Waals surface area contributed by atoms with Gasteiger partial charge < -0.3 is 10.8 Å². The van der Waals surface area contributed by atoms with Gasteiger partial charge in [0.05, 0.1) is 12.1 Å². The Morgan fingerprint density at radius 3 is 2.38 bits per heavy atom. The van der Waals surface area contributed by atoms with E-state index in [-0.39, 0.29) is 12.0 Å². The van der Waals surface area contributed by atoms with Gasteiger partial charge in [-0.25, -0.2) is 0 Å². The highest BCUT2D eigenvalue weighted by molar-refractivity contribution is 7.12. The summed E-state index contributed by atoms with van der Waals surface area (Å²) in [6.07, 6.45) is -0.446. The summed E-state index contributed by atoms with van der Waals surface area (Å²) in [6, 6.07) is 3.79. The molecule has 0 aliphatic rings. The van der Waals surface area contributed by atoms with Gasteiger partial charge in [-0.2, -0.15) is 0 Å². The van der Waals surface area contributed by atoms with Gasteiger partial charge in [0, 0.05) is 9.75 Å². The molecule has 1 aromatic heterocycles. The number of thiophene rings is 1. The third-order valence-electron chi connectivity index (χ3n) is 2.14. The molecule has 3 heteroatoms. The second-order valence-electron chi connectivity index (χ2n) is 3.71. The first kappa shape index (κ1) is 10.7. The van der Waals surface area contributed by atoms with Crippen molar-refractivity contribution in [2.24, 2.45) is 11.7 Å². The van der Waals surface area contributed by atoms with Crippen LogP contribution in [0, 0.1) is 12.8 Å². The molecule has 0 radical (unpaired) electrons. The first-order valence-electron chi connectivity index (χ1n) is 4.52. The Labute approximate surface area is 83.4 Å². The van der Waals surface area contributed by atoms with Gasteiger partial charge >= 0.3 is 0 Å². The van der Waals surface area contributed by atoms with E-state index in [0.29, 0.717) is 0 Å². The molecule has 2 atom stereocenters. The van der Waals surface area contributed by atoms with E-state index in [0.717, 1.165) is 4.88 Å². The average molecular weight is 199 g/mol. The van der Waals surface area contributed by atoms with Crippen LogP contribution in [-0.4, -0.2) is 11.2 Å². The van der Waals surface area contributed by atoms with Crippen LogP contribution >= 0.6 is 11.3 Å². The van der Waals surface area contributed by atoms with Crippen molar-refractivity contribution < 1.29 is 5.11 Å². The Balaban J connectivity index is 2.73. The van der Waals surface area contributed by atoms with Crippen molar-refractivity contribution in [2.45, 2.75) is 32.9 Å². The van der Waals surface area contributed by atoms with Crippen LogP contribution in [0.1, 0.15) is 29.6 Å². The monoisotopic (exact) mass is 199 g/mol. The molecule has 0 saturated heterocycles. The molecular weight excluding hydrogens is 182 g/mol. The summed E-state index contributed by atoms with van der Waals surface area (Å²) in [7, 11) is 0. The number of aliphatic hydroxyl groups excluding tert-OH is 1. The summed E-state index contributed by atoms with van der Waals surface area (Å²) < 4.78 is 0. The van der Waals surface area contributed by atoms with Crippen molar-refractivity contribution >= 4 is 11.3 Å². The zero-order valence-electron chi connectivity index (χ0n) is 8.32. The summed E-state index contributed by atoms with van der Waals surface area (Å²) in [5.41, 5.74) is 5.91. The van der Waals surface area contributed by atoms with Crippen LogP contribution in [0.5, 0.6) is 0 Å². The number of hydrogen-bond acceptors (Lipinski definition) is 3. The molecule has 0 aliphatic heterocycles. The molecule has 0 spiro atoms. The third-order valence-corrected chi connectivity index (χ3v) is 3.24. The van der Waals surface area contributed by atoms with Gasteiger partial charge in [0.1, 0.15) is 0 Å². The molecule has 1 aromatic rings. The molecule has 2 nitrogen and oxygen atoms in total. The van der Waals surface area contributed by atoms with Crippen LogP contribution in [0.2, 0.25) is 0 Å². The van der Waals surface area contributed by atoms with E-state index in [9.17, 15) is 5.11 Å². The highest BCUT2D eigenvalue weighted by Gasteiger charge is 2.20. The summed E-state index contributed by atoms with van der Waals surface area (Å²) >= 11 is 1.66. The predicted octanol–water partition coefficient (Wildman–Crippen LogP) is 2.07. The van der Waals surface area contributed by atoms with E-state index < -0.39 is 6.10 Å². The van der Waals surface area contributed by atoms with E-state index >= 15 is 0 Å². The van der Waals surface area contributed by atoms with Crippen LogP contribution in [0.15, 0.2) is 12.1 Å². The molecule has 74 valence electrons. The van der Waals surface area contributed by atoms with Crippen LogP contribution in [-0.2, 0) is 0 Å². The van der Waals surface area contributed by atoms with E-state index in [1.54, 1.807) is 11.3 Å². The smallest absolute Gasteiger partial charge is 0.0763 e. The van der Waals surface area contributed by atoms with E-state index in [1.807, 2.05) is 32.9 Å². The maximum absolute atomic E-state index is 9.74. The maximum Gasteiger partial charge on any atom is 0.0763 e.